The summed E-state index contributed by atoms with van der Waals surface area (Å²) in [7, 11) is 0. The number of esters is 1. The highest BCUT2D eigenvalue weighted by Gasteiger charge is 2.16. The molecule has 150 valence electrons. The molecule has 1 amide bonds. The topological polar surface area (TPSA) is 73.9 Å². The van der Waals surface area contributed by atoms with Crippen LogP contribution >= 0.6 is 0 Å². The van der Waals surface area contributed by atoms with E-state index in [1.807, 2.05) is 37.3 Å². The molecule has 2 rings (SSSR count). The summed E-state index contributed by atoms with van der Waals surface area (Å²) in [5.41, 5.74) is 1.71. The predicted molar refractivity (Wildman–Crippen MR) is 106 cm³/mol. The summed E-state index contributed by atoms with van der Waals surface area (Å²) >= 11 is 0. The summed E-state index contributed by atoms with van der Waals surface area (Å²) in [6.07, 6.45) is 0.0311. The quantitative estimate of drug-likeness (QED) is 0.475. The molecule has 0 aliphatic rings. The van der Waals surface area contributed by atoms with Crippen LogP contribution in [0.1, 0.15) is 29.8 Å². The molecule has 28 heavy (non-hydrogen) atoms. The lowest BCUT2D eigenvalue weighted by atomic mass is 10.1. The molecule has 0 unspecified atom stereocenters. The van der Waals surface area contributed by atoms with Crippen LogP contribution in [-0.4, -0.2) is 44.3 Å². The van der Waals surface area contributed by atoms with Crippen molar-refractivity contribution in [3.8, 4) is 5.75 Å². The minimum absolute atomic E-state index is 0.147. The number of hydrogen-bond acceptors (Lipinski definition) is 5. The third-order valence-electron chi connectivity index (χ3n) is 3.98. The molecule has 0 aromatic heterocycles. The average Bonchev–Trinajstić information content (AvgIpc) is 2.72. The second-order valence-electron chi connectivity index (χ2n) is 6.14. The maximum Gasteiger partial charge on any atom is 0.347 e. The van der Waals surface area contributed by atoms with E-state index < -0.39 is 12.1 Å². The molecule has 0 aliphatic carbocycles. The van der Waals surface area contributed by atoms with Crippen molar-refractivity contribution in [2.75, 3.05) is 26.4 Å². The Morgan fingerprint density at radius 2 is 1.71 bits per heavy atom. The zero-order valence-electron chi connectivity index (χ0n) is 16.4. The first kappa shape index (κ1) is 21.4. The van der Waals surface area contributed by atoms with Crippen LogP contribution in [-0.2, 0) is 20.7 Å². The fraction of sp³-hybridized carbons (Fsp3) is 0.364. The van der Waals surface area contributed by atoms with Crippen LogP contribution in [0.4, 0.5) is 0 Å². The van der Waals surface area contributed by atoms with Crippen LogP contribution < -0.4 is 10.1 Å². The van der Waals surface area contributed by atoms with Crippen molar-refractivity contribution in [2.24, 2.45) is 0 Å². The second-order valence-corrected chi connectivity index (χ2v) is 6.14. The maximum absolute atomic E-state index is 12.2. The van der Waals surface area contributed by atoms with E-state index >= 15 is 0 Å². The zero-order valence-corrected chi connectivity index (χ0v) is 16.4. The minimum Gasteiger partial charge on any atom is -0.479 e. The van der Waals surface area contributed by atoms with Gasteiger partial charge in [-0.05, 0) is 50.1 Å². The van der Waals surface area contributed by atoms with Crippen LogP contribution in [0.15, 0.2) is 54.6 Å². The standard InChI is InChI=1S/C22H27NO5/c1-3-26-15-16-27-22(25)17(2)28-20-11-9-19(10-12-20)21(24)23-14-13-18-7-5-4-6-8-18/h4-12,17H,3,13-16H2,1-2H3,(H,23,24)/t17-/m0/s1. The molecule has 6 nitrogen and oxygen atoms in total. The van der Waals surface area contributed by atoms with Crippen molar-refractivity contribution < 1.29 is 23.8 Å². The van der Waals surface area contributed by atoms with E-state index in [4.69, 9.17) is 14.2 Å². The van der Waals surface area contributed by atoms with E-state index in [0.717, 1.165) is 6.42 Å². The van der Waals surface area contributed by atoms with Gasteiger partial charge in [-0.1, -0.05) is 30.3 Å². The molecule has 1 atom stereocenters. The van der Waals surface area contributed by atoms with Gasteiger partial charge in [0.2, 0.25) is 0 Å². The highest BCUT2D eigenvalue weighted by Crippen LogP contribution is 2.14. The molecule has 0 radical (unpaired) electrons. The van der Waals surface area contributed by atoms with Crippen LogP contribution in [0.3, 0.4) is 0 Å². The Morgan fingerprint density at radius 1 is 1.00 bits per heavy atom. The van der Waals surface area contributed by atoms with Crippen molar-refractivity contribution in [3.05, 3.63) is 65.7 Å². The fourth-order valence-corrected chi connectivity index (χ4v) is 2.47. The van der Waals surface area contributed by atoms with Gasteiger partial charge in [-0.25, -0.2) is 4.79 Å². The molecule has 2 aromatic rings. The molecule has 0 saturated carbocycles. The normalized spacial score (nSPS) is 11.5. The average molecular weight is 385 g/mol. The highest BCUT2D eigenvalue weighted by molar-refractivity contribution is 5.94. The maximum atomic E-state index is 12.2. The summed E-state index contributed by atoms with van der Waals surface area (Å²) in [4.78, 5) is 24.1. The molecule has 1 N–H and O–H groups in total. The SMILES string of the molecule is CCOCCOC(=O)[C@H](C)Oc1ccc(C(=O)NCCc2ccccc2)cc1. The third-order valence-corrected chi connectivity index (χ3v) is 3.98. The zero-order chi connectivity index (χ0) is 20.2. The summed E-state index contributed by atoms with van der Waals surface area (Å²) in [5.74, 6) is -0.108. The van der Waals surface area contributed by atoms with Gasteiger partial charge in [0.1, 0.15) is 12.4 Å². The van der Waals surface area contributed by atoms with Crippen molar-refractivity contribution in [3.63, 3.8) is 0 Å². The Bertz CT molecular complexity index is 730. The molecule has 0 heterocycles. The molecule has 2 aromatic carbocycles. The van der Waals surface area contributed by atoms with Crippen LogP contribution in [0.2, 0.25) is 0 Å². The van der Waals surface area contributed by atoms with Gasteiger partial charge in [-0.2, -0.15) is 0 Å². The lowest BCUT2D eigenvalue weighted by molar-refractivity contribution is -0.152. The van der Waals surface area contributed by atoms with Gasteiger partial charge in [-0.15, -0.1) is 0 Å². The monoisotopic (exact) mass is 385 g/mol. The van der Waals surface area contributed by atoms with E-state index in [1.165, 1.54) is 5.56 Å². The first-order valence-electron chi connectivity index (χ1n) is 9.43. The summed E-state index contributed by atoms with van der Waals surface area (Å²) in [6, 6.07) is 16.6. The second kappa shape index (κ2) is 11.8. The van der Waals surface area contributed by atoms with Gasteiger partial charge in [0, 0.05) is 18.7 Å². The van der Waals surface area contributed by atoms with E-state index in [0.29, 0.717) is 31.1 Å². The lowest BCUT2D eigenvalue weighted by Gasteiger charge is -2.14. The number of benzene rings is 2. The van der Waals surface area contributed by atoms with E-state index in [9.17, 15) is 9.59 Å². The fourth-order valence-electron chi connectivity index (χ4n) is 2.47. The molecule has 0 fully saturated rings. The molecule has 6 heteroatoms. The minimum atomic E-state index is -0.743. The predicted octanol–water partition coefficient (Wildman–Crippen LogP) is 3.01. The Morgan fingerprint density at radius 3 is 2.39 bits per heavy atom. The van der Waals surface area contributed by atoms with Crippen molar-refractivity contribution in [2.45, 2.75) is 26.4 Å². The van der Waals surface area contributed by atoms with Crippen molar-refractivity contribution in [1.82, 2.24) is 5.32 Å². The van der Waals surface area contributed by atoms with Crippen molar-refractivity contribution in [1.29, 1.82) is 0 Å². The van der Waals surface area contributed by atoms with Gasteiger partial charge in [-0.3, -0.25) is 4.79 Å². The first-order valence-corrected chi connectivity index (χ1v) is 9.43. The number of rotatable bonds is 11. The Hall–Kier alpha value is -2.86. The van der Waals surface area contributed by atoms with E-state index in [1.54, 1.807) is 31.2 Å². The van der Waals surface area contributed by atoms with Gasteiger partial charge in [0.15, 0.2) is 6.10 Å². The molecule has 0 bridgehead atoms. The van der Waals surface area contributed by atoms with E-state index in [-0.39, 0.29) is 12.5 Å². The molecular formula is C22H27NO5. The van der Waals surface area contributed by atoms with E-state index in [2.05, 4.69) is 5.32 Å². The number of amides is 1. The van der Waals surface area contributed by atoms with Crippen molar-refractivity contribution >= 4 is 11.9 Å². The van der Waals surface area contributed by atoms with Crippen LogP contribution in [0.25, 0.3) is 0 Å². The Labute approximate surface area is 165 Å². The largest absolute Gasteiger partial charge is 0.479 e. The number of nitrogens with one attached hydrogen (secondary N) is 1. The Balaban J connectivity index is 1.75. The Kier molecular flexibility index (Phi) is 9.01. The van der Waals surface area contributed by atoms with Crippen LogP contribution in [0, 0.1) is 0 Å². The number of ether oxygens (including phenoxy) is 3. The van der Waals surface area contributed by atoms with Gasteiger partial charge in [0.05, 0.1) is 6.61 Å². The molecule has 0 spiro atoms. The smallest absolute Gasteiger partial charge is 0.347 e. The molecule has 0 aliphatic heterocycles. The summed E-state index contributed by atoms with van der Waals surface area (Å²) < 4.78 is 15.7. The van der Waals surface area contributed by atoms with Gasteiger partial charge >= 0.3 is 5.97 Å². The summed E-state index contributed by atoms with van der Waals surface area (Å²) in [5, 5.41) is 2.89. The highest BCUT2D eigenvalue weighted by atomic mass is 16.6. The van der Waals surface area contributed by atoms with Gasteiger partial charge < -0.3 is 19.5 Å². The summed E-state index contributed by atoms with van der Waals surface area (Å²) in [6.45, 7) is 5.20. The number of carbonyl (C=O) groups is 2. The number of carbonyl (C=O) groups excluding carboxylic acids is 2. The molecular weight excluding hydrogens is 358 g/mol. The first-order chi connectivity index (χ1) is 13.6. The van der Waals surface area contributed by atoms with Gasteiger partial charge in [0.25, 0.3) is 5.91 Å². The molecule has 0 saturated heterocycles. The lowest BCUT2D eigenvalue weighted by Crippen LogP contribution is -2.27. The third kappa shape index (κ3) is 7.40. The van der Waals surface area contributed by atoms with Crippen LogP contribution in [0.5, 0.6) is 5.75 Å². The number of hydrogen-bond donors (Lipinski definition) is 1.